The van der Waals surface area contributed by atoms with Crippen molar-refractivity contribution in [3.05, 3.63) is 82.9 Å². The second kappa shape index (κ2) is 7.41. The number of nitrogens with zero attached hydrogens (tertiary/aromatic N) is 3. The summed E-state index contributed by atoms with van der Waals surface area (Å²) in [5, 5.41) is 11.8. The number of carboxylic acids is 1. The molecule has 4 aromatic rings. The van der Waals surface area contributed by atoms with E-state index in [1.54, 1.807) is 0 Å². The van der Waals surface area contributed by atoms with Crippen molar-refractivity contribution in [3.8, 4) is 11.1 Å². The van der Waals surface area contributed by atoms with E-state index in [-0.39, 0.29) is 34.8 Å². The van der Waals surface area contributed by atoms with Gasteiger partial charge in [-0.05, 0) is 22.3 Å². The number of benzene rings is 2. The molecule has 5 rings (SSSR count). The Morgan fingerprint density at radius 1 is 1.10 bits per heavy atom. The van der Waals surface area contributed by atoms with E-state index in [2.05, 4.69) is 27.4 Å². The molecule has 0 atom stereocenters. The Kier molecular flexibility index (Phi) is 4.56. The molecule has 31 heavy (non-hydrogen) atoms. The fraction of sp³-hybridized carbons (Fsp3) is 0.0909. The Bertz CT molecular complexity index is 1310. The SMILES string of the molecule is O=C(Nc1nc(Cl)cn2c(C(=O)O)cnc12)OCC1c2ccccc2-c2ccccc21. The number of rotatable bonds is 4. The molecular weight excluding hydrogens is 420 g/mol. The fourth-order valence-corrected chi connectivity index (χ4v) is 4.11. The number of aromatic nitrogens is 3. The monoisotopic (exact) mass is 434 g/mol. The van der Waals surface area contributed by atoms with E-state index >= 15 is 0 Å². The van der Waals surface area contributed by atoms with E-state index in [1.807, 2.05) is 36.4 Å². The maximum Gasteiger partial charge on any atom is 0.412 e. The van der Waals surface area contributed by atoms with Crippen LogP contribution in [0.3, 0.4) is 0 Å². The summed E-state index contributed by atoms with van der Waals surface area (Å²) in [5.41, 5.74) is 4.50. The Hall–Kier alpha value is -3.91. The van der Waals surface area contributed by atoms with Crippen molar-refractivity contribution in [1.29, 1.82) is 0 Å². The minimum absolute atomic E-state index is 0.00180. The first kappa shape index (κ1) is 19.1. The Morgan fingerprint density at radius 2 is 1.74 bits per heavy atom. The summed E-state index contributed by atoms with van der Waals surface area (Å²) >= 11 is 5.99. The van der Waals surface area contributed by atoms with Crippen LogP contribution in [0, 0.1) is 0 Å². The molecule has 0 spiro atoms. The lowest BCUT2D eigenvalue weighted by molar-refractivity contribution is 0.0689. The number of carboxylic acid groups (broad SMARTS) is 1. The summed E-state index contributed by atoms with van der Waals surface area (Å²) in [6.45, 7) is 0.130. The predicted molar refractivity (Wildman–Crippen MR) is 114 cm³/mol. The van der Waals surface area contributed by atoms with Crippen LogP contribution in [-0.2, 0) is 4.74 Å². The first-order valence-electron chi connectivity index (χ1n) is 9.42. The minimum Gasteiger partial charge on any atom is -0.477 e. The third-order valence-electron chi connectivity index (χ3n) is 5.25. The van der Waals surface area contributed by atoms with Gasteiger partial charge in [-0.15, -0.1) is 0 Å². The average Bonchev–Trinajstić information content (AvgIpc) is 3.32. The molecule has 1 amide bonds. The third kappa shape index (κ3) is 3.27. The molecular formula is C22H15ClN4O4. The number of carbonyl (C=O) groups excluding carboxylic acids is 1. The molecule has 1 aliphatic carbocycles. The van der Waals surface area contributed by atoms with E-state index in [0.717, 1.165) is 22.3 Å². The molecule has 0 fully saturated rings. The summed E-state index contributed by atoms with van der Waals surface area (Å²) in [6, 6.07) is 16.1. The van der Waals surface area contributed by atoms with Crippen molar-refractivity contribution in [1.82, 2.24) is 14.4 Å². The van der Waals surface area contributed by atoms with Crippen LogP contribution in [0.25, 0.3) is 16.8 Å². The van der Waals surface area contributed by atoms with Gasteiger partial charge < -0.3 is 9.84 Å². The zero-order valence-corrected chi connectivity index (χ0v) is 16.7. The van der Waals surface area contributed by atoms with Gasteiger partial charge in [-0.1, -0.05) is 60.1 Å². The maximum absolute atomic E-state index is 12.5. The summed E-state index contributed by atoms with van der Waals surface area (Å²) in [6.07, 6.45) is 1.74. The predicted octanol–water partition coefficient (Wildman–Crippen LogP) is 4.44. The molecule has 2 aromatic heterocycles. The van der Waals surface area contributed by atoms with Crippen molar-refractivity contribution in [3.63, 3.8) is 0 Å². The van der Waals surface area contributed by atoms with Crippen LogP contribution >= 0.6 is 11.6 Å². The molecule has 8 nitrogen and oxygen atoms in total. The van der Waals surface area contributed by atoms with Gasteiger partial charge >= 0.3 is 12.1 Å². The zero-order chi connectivity index (χ0) is 21.5. The van der Waals surface area contributed by atoms with Gasteiger partial charge in [-0.25, -0.2) is 19.6 Å². The topological polar surface area (TPSA) is 106 Å². The second-order valence-corrected chi connectivity index (χ2v) is 7.39. The molecule has 9 heteroatoms. The molecule has 0 unspecified atom stereocenters. The number of anilines is 1. The molecule has 0 saturated carbocycles. The standard InChI is InChI=1S/C22H15ClN4O4/c23-18-10-27-17(21(28)29)9-24-20(27)19(25-18)26-22(30)31-11-16-14-7-3-1-5-12(14)13-6-2-4-8-15(13)16/h1-10,16H,11H2,(H,28,29)(H,25,26,30). The Labute approximate surface area is 181 Å². The summed E-state index contributed by atoms with van der Waals surface area (Å²) in [5.74, 6) is -1.25. The third-order valence-corrected chi connectivity index (χ3v) is 5.43. The number of hydrogen-bond donors (Lipinski definition) is 2. The lowest BCUT2D eigenvalue weighted by Crippen LogP contribution is -2.19. The normalized spacial score (nSPS) is 12.4. The smallest absolute Gasteiger partial charge is 0.412 e. The Morgan fingerprint density at radius 3 is 2.39 bits per heavy atom. The van der Waals surface area contributed by atoms with Crippen LogP contribution in [0.15, 0.2) is 60.9 Å². The molecule has 1 aliphatic rings. The number of halogens is 1. The number of hydrogen-bond acceptors (Lipinski definition) is 5. The van der Waals surface area contributed by atoms with E-state index < -0.39 is 12.1 Å². The van der Waals surface area contributed by atoms with Gasteiger partial charge in [-0.3, -0.25) is 9.72 Å². The maximum atomic E-state index is 12.5. The average molecular weight is 435 g/mol. The quantitative estimate of drug-likeness (QED) is 0.491. The number of imidazole rings is 1. The fourth-order valence-electron chi connectivity index (χ4n) is 3.93. The van der Waals surface area contributed by atoms with Gasteiger partial charge in [0.15, 0.2) is 17.2 Å². The summed E-state index contributed by atoms with van der Waals surface area (Å²) < 4.78 is 6.75. The van der Waals surface area contributed by atoms with Crippen LogP contribution in [0.1, 0.15) is 27.5 Å². The summed E-state index contributed by atoms with van der Waals surface area (Å²) in [7, 11) is 0. The van der Waals surface area contributed by atoms with Gasteiger partial charge in [0.1, 0.15) is 11.8 Å². The van der Waals surface area contributed by atoms with Crippen molar-refractivity contribution in [2.24, 2.45) is 0 Å². The minimum atomic E-state index is -1.18. The lowest BCUT2D eigenvalue weighted by Gasteiger charge is -2.14. The van der Waals surface area contributed by atoms with Crippen LogP contribution in [0.5, 0.6) is 0 Å². The highest BCUT2D eigenvalue weighted by Crippen LogP contribution is 2.44. The molecule has 0 saturated heterocycles. The van der Waals surface area contributed by atoms with Crippen LogP contribution < -0.4 is 5.32 Å². The zero-order valence-electron chi connectivity index (χ0n) is 15.9. The molecule has 2 heterocycles. The molecule has 2 aromatic carbocycles. The van der Waals surface area contributed by atoms with Crippen molar-refractivity contribution >= 4 is 35.1 Å². The number of aromatic carboxylic acids is 1. The lowest BCUT2D eigenvalue weighted by atomic mass is 9.98. The molecule has 0 radical (unpaired) electrons. The number of nitrogens with one attached hydrogen (secondary N) is 1. The van der Waals surface area contributed by atoms with Crippen LogP contribution in [0.4, 0.5) is 10.6 Å². The largest absolute Gasteiger partial charge is 0.477 e. The van der Waals surface area contributed by atoms with E-state index in [9.17, 15) is 14.7 Å². The first-order valence-corrected chi connectivity index (χ1v) is 9.79. The van der Waals surface area contributed by atoms with Crippen molar-refractivity contribution < 1.29 is 19.4 Å². The second-order valence-electron chi connectivity index (χ2n) is 7.00. The highest BCUT2D eigenvalue weighted by Gasteiger charge is 2.29. The molecule has 0 bridgehead atoms. The summed E-state index contributed by atoms with van der Waals surface area (Å²) in [4.78, 5) is 31.9. The Balaban J connectivity index is 1.37. The van der Waals surface area contributed by atoms with Crippen molar-refractivity contribution in [2.45, 2.75) is 5.92 Å². The van der Waals surface area contributed by atoms with Gasteiger partial charge in [0, 0.05) is 12.1 Å². The van der Waals surface area contributed by atoms with Gasteiger partial charge in [-0.2, -0.15) is 0 Å². The molecule has 2 N–H and O–H groups in total. The van der Waals surface area contributed by atoms with Gasteiger partial charge in [0.2, 0.25) is 0 Å². The number of ether oxygens (including phenoxy) is 1. The molecule has 0 aliphatic heterocycles. The van der Waals surface area contributed by atoms with E-state index in [0.29, 0.717) is 0 Å². The van der Waals surface area contributed by atoms with Gasteiger partial charge in [0.25, 0.3) is 0 Å². The van der Waals surface area contributed by atoms with Crippen LogP contribution in [0.2, 0.25) is 5.15 Å². The first-order chi connectivity index (χ1) is 15.0. The molecule has 154 valence electrons. The van der Waals surface area contributed by atoms with Crippen LogP contribution in [-0.4, -0.2) is 38.1 Å². The van der Waals surface area contributed by atoms with E-state index in [1.165, 1.54) is 16.8 Å². The van der Waals surface area contributed by atoms with E-state index in [4.69, 9.17) is 16.3 Å². The number of amides is 1. The highest BCUT2D eigenvalue weighted by atomic mass is 35.5. The highest BCUT2D eigenvalue weighted by molar-refractivity contribution is 6.29. The van der Waals surface area contributed by atoms with Crippen molar-refractivity contribution in [2.75, 3.05) is 11.9 Å². The van der Waals surface area contributed by atoms with Gasteiger partial charge in [0.05, 0.1) is 6.20 Å². The number of carbonyl (C=O) groups is 2. The number of fused-ring (bicyclic) bond motifs is 4.